The van der Waals surface area contributed by atoms with Gasteiger partial charge < -0.3 is 10.2 Å². The minimum absolute atomic E-state index is 0.0261. The Hall–Kier alpha value is -3.97. The van der Waals surface area contributed by atoms with Crippen molar-refractivity contribution in [3.05, 3.63) is 69.8 Å². The van der Waals surface area contributed by atoms with Crippen molar-refractivity contribution in [2.24, 2.45) is 0 Å². The lowest BCUT2D eigenvalue weighted by atomic mass is 9.96. The molecule has 184 valence electrons. The second-order valence-corrected chi connectivity index (χ2v) is 8.61. The first kappa shape index (κ1) is 25.1. The standard InChI is InChI=1S/C23H16N2O9S2/c26-17(9-1-3-11-13(5-9)20(29)24(18(11)27)15(7-35)22(31)32)10-2-4-12-14(6-10)21(30)25(19(12)28)16(8-36)23(33)34/h1-6,15-16,35-36H,7-8H2,(H,31,32)(H,33,34)/t15-,16-/m0/s1. The Bertz CT molecular complexity index is 1300. The van der Waals surface area contributed by atoms with Crippen LogP contribution in [0.5, 0.6) is 0 Å². The van der Waals surface area contributed by atoms with Gasteiger partial charge in [-0.3, -0.25) is 33.8 Å². The van der Waals surface area contributed by atoms with E-state index in [1.54, 1.807) is 0 Å². The van der Waals surface area contributed by atoms with Gasteiger partial charge in [0.25, 0.3) is 23.6 Å². The number of carbonyl (C=O) groups is 7. The molecule has 2 aliphatic rings. The summed E-state index contributed by atoms with van der Waals surface area (Å²) in [7, 11) is 0. The zero-order chi connectivity index (χ0) is 26.5. The van der Waals surface area contributed by atoms with Gasteiger partial charge >= 0.3 is 11.9 Å². The summed E-state index contributed by atoms with van der Waals surface area (Å²) < 4.78 is 0. The second-order valence-electron chi connectivity index (χ2n) is 7.88. The molecule has 0 aromatic heterocycles. The van der Waals surface area contributed by atoms with E-state index in [9.17, 15) is 43.8 Å². The Kier molecular flexibility index (Phi) is 6.45. The van der Waals surface area contributed by atoms with Crippen LogP contribution >= 0.6 is 25.3 Å². The average molecular weight is 529 g/mol. The van der Waals surface area contributed by atoms with E-state index < -0.39 is 53.4 Å². The number of amides is 4. The Morgan fingerprint density at radius 3 is 1.28 bits per heavy atom. The van der Waals surface area contributed by atoms with Crippen LogP contribution in [-0.2, 0) is 9.59 Å². The van der Waals surface area contributed by atoms with Gasteiger partial charge in [0, 0.05) is 22.6 Å². The number of hydrogen-bond acceptors (Lipinski definition) is 9. The molecule has 2 atom stereocenters. The lowest BCUT2D eigenvalue weighted by molar-refractivity contribution is -0.141. The number of aliphatic carboxylic acids is 2. The van der Waals surface area contributed by atoms with Crippen molar-refractivity contribution in [3.8, 4) is 0 Å². The van der Waals surface area contributed by atoms with Gasteiger partial charge in [-0.1, -0.05) is 12.1 Å². The molecule has 2 N–H and O–H groups in total. The fourth-order valence-electron chi connectivity index (χ4n) is 4.07. The van der Waals surface area contributed by atoms with Crippen molar-refractivity contribution < 1.29 is 43.8 Å². The van der Waals surface area contributed by atoms with Crippen LogP contribution in [0.3, 0.4) is 0 Å². The van der Waals surface area contributed by atoms with Crippen molar-refractivity contribution >= 4 is 66.6 Å². The number of fused-ring (bicyclic) bond motifs is 2. The third kappa shape index (κ3) is 3.76. The summed E-state index contributed by atoms with van der Waals surface area (Å²) in [5.74, 6) is -7.50. The van der Waals surface area contributed by atoms with Crippen molar-refractivity contribution in [1.82, 2.24) is 9.80 Å². The zero-order valence-corrected chi connectivity index (χ0v) is 19.9. The number of carboxylic acid groups (broad SMARTS) is 2. The Balaban J connectivity index is 1.67. The third-order valence-corrected chi connectivity index (χ3v) is 6.59. The molecule has 0 unspecified atom stereocenters. The van der Waals surface area contributed by atoms with E-state index in [0.717, 1.165) is 12.1 Å². The Morgan fingerprint density at radius 1 is 0.639 bits per heavy atom. The Labute approximate surface area is 213 Å². The molecule has 2 aromatic rings. The normalized spacial score (nSPS) is 16.2. The molecular weight excluding hydrogens is 512 g/mol. The zero-order valence-electron chi connectivity index (χ0n) is 18.1. The first-order valence-corrected chi connectivity index (χ1v) is 11.6. The smallest absolute Gasteiger partial charge is 0.327 e. The highest BCUT2D eigenvalue weighted by Crippen LogP contribution is 2.30. The largest absolute Gasteiger partial charge is 0.480 e. The molecule has 2 heterocycles. The monoisotopic (exact) mass is 528 g/mol. The van der Waals surface area contributed by atoms with Crippen molar-refractivity contribution in [2.75, 3.05) is 11.5 Å². The maximum atomic E-state index is 13.1. The molecule has 0 radical (unpaired) electrons. The van der Waals surface area contributed by atoms with Crippen LogP contribution in [0.4, 0.5) is 0 Å². The molecule has 11 nitrogen and oxygen atoms in total. The number of carboxylic acids is 2. The molecule has 0 aliphatic carbocycles. The first-order valence-electron chi connectivity index (χ1n) is 10.3. The minimum atomic E-state index is -1.49. The molecule has 13 heteroatoms. The number of thiol groups is 2. The van der Waals surface area contributed by atoms with E-state index in [4.69, 9.17) is 0 Å². The molecule has 0 bridgehead atoms. The van der Waals surface area contributed by atoms with Crippen molar-refractivity contribution in [3.63, 3.8) is 0 Å². The van der Waals surface area contributed by atoms with E-state index in [2.05, 4.69) is 25.3 Å². The van der Waals surface area contributed by atoms with Gasteiger partial charge in [0.1, 0.15) is 12.1 Å². The number of rotatable bonds is 8. The summed E-state index contributed by atoms with van der Waals surface area (Å²) >= 11 is 7.80. The van der Waals surface area contributed by atoms with Crippen molar-refractivity contribution in [2.45, 2.75) is 12.1 Å². The minimum Gasteiger partial charge on any atom is -0.480 e. The third-order valence-electron chi connectivity index (χ3n) is 5.90. The highest BCUT2D eigenvalue weighted by atomic mass is 32.1. The summed E-state index contributed by atoms with van der Waals surface area (Å²) in [5, 5.41) is 18.6. The summed E-state index contributed by atoms with van der Waals surface area (Å²) in [6, 6.07) is 4.35. The number of carbonyl (C=O) groups excluding carboxylic acids is 5. The molecule has 4 rings (SSSR count). The topological polar surface area (TPSA) is 166 Å². The van der Waals surface area contributed by atoms with Crippen LogP contribution in [0.15, 0.2) is 36.4 Å². The molecule has 0 saturated heterocycles. The first-order chi connectivity index (χ1) is 17.0. The lowest BCUT2D eigenvalue weighted by Crippen LogP contribution is -2.46. The van der Waals surface area contributed by atoms with Crippen LogP contribution in [0.25, 0.3) is 0 Å². The number of nitrogens with zero attached hydrogens (tertiary/aromatic N) is 2. The maximum Gasteiger partial charge on any atom is 0.327 e. The highest BCUT2D eigenvalue weighted by molar-refractivity contribution is 7.80. The van der Waals surface area contributed by atoms with Gasteiger partial charge in [0.15, 0.2) is 5.78 Å². The highest BCUT2D eigenvalue weighted by Gasteiger charge is 2.44. The van der Waals surface area contributed by atoms with Crippen LogP contribution in [0.2, 0.25) is 0 Å². The van der Waals surface area contributed by atoms with Gasteiger partial charge in [0.2, 0.25) is 0 Å². The van der Waals surface area contributed by atoms with Crippen LogP contribution < -0.4 is 0 Å². The Morgan fingerprint density at radius 2 is 0.972 bits per heavy atom. The predicted molar refractivity (Wildman–Crippen MR) is 128 cm³/mol. The average Bonchev–Trinajstić information content (AvgIpc) is 3.24. The maximum absolute atomic E-state index is 13.1. The van der Waals surface area contributed by atoms with Gasteiger partial charge in [-0.2, -0.15) is 25.3 Å². The number of imide groups is 2. The molecule has 0 spiro atoms. The molecule has 0 saturated carbocycles. The van der Waals surface area contributed by atoms with Gasteiger partial charge in [-0.15, -0.1) is 0 Å². The molecule has 4 amide bonds. The van der Waals surface area contributed by atoms with E-state index in [-0.39, 0.29) is 44.9 Å². The molecule has 0 fully saturated rings. The fraction of sp³-hybridized carbons (Fsp3) is 0.174. The van der Waals surface area contributed by atoms with Crippen LogP contribution in [0, 0.1) is 0 Å². The summed E-state index contributed by atoms with van der Waals surface area (Å²) in [6.45, 7) is 0. The predicted octanol–water partition coefficient (Wildman–Crippen LogP) is 0.876. The molecule has 2 aromatic carbocycles. The molecule has 36 heavy (non-hydrogen) atoms. The summed E-state index contributed by atoms with van der Waals surface area (Å²) in [4.78, 5) is 88.0. The SMILES string of the molecule is O=C(c1ccc2c(c1)C(=O)N([C@@H](CS)C(=O)O)C2=O)c1ccc2c(c1)C(=O)N([C@@H](CS)C(=O)O)C2=O. The van der Waals surface area contributed by atoms with E-state index in [1.165, 1.54) is 24.3 Å². The summed E-state index contributed by atoms with van der Waals surface area (Å²) in [6.07, 6.45) is 0. The van der Waals surface area contributed by atoms with Gasteiger partial charge in [-0.05, 0) is 24.3 Å². The molecule has 2 aliphatic heterocycles. The van der Waals surface area contributed by atoms with Crippen LogP contribution in [0.1, 0.15) is 57.4 Å². The van der Waals surface area contributed by atoms with E-state index in [0.29, 0.717) is 9.80 Å². The van der Waals surface area contributed by atoms with Crippen LogP contribution in [-0.4, -0.2) is 85.0 Å². The second kappa shape index (κ2) is 9.24. The number of benzene rings is 2. The van der Waals surface area contributed by atoms with E-state index in [1.807, 2.05) is 0 Å². The van der Waals surface area contributed by atoms with Crippen molar-refractivity contribution in [1.29, 1.82) is 0 Å². The van der Waals surface area contributed by atoms with Gasteiger partial charge in [0.05, 0.1) is 22.3 Å². The number of hydrogen-bond donors (Lipinski definition) is 4. The number of ketones is 1. The van der Waals surface area contributed by atoms with E-state index >= 15 is 0 Å². The quantitative estimate of drug-likeness (QED) is 0.221. The van der Waals surface area contributed by atoms with Gasteiger partial charge in [-0.25, -0.2) is 9.59 Å². The molecular formula is C23H16N2O9S2. The fourth-order valence-corrected chi connectivity index (χ4v) is 4.71. The lowest BCUT2D eigenvalue weighted by Gasteiger charge is -2.20. The summed E-state index contributed by atoms with van der Waals surface area (Å²) in [5.41, 5.74) is -0.502.